The molecule has 5 rings (SSSR count). The van der Waals surface area contributed by atoms with Crippen LogP contribution in [0.3, 0.4) is 0 Å². The van der Waals surface area contributed by atoms with Crippen molar-refractivity contribution in [1.29, 1.82) is 0 Å². The molecule has 11 nitrogen and oxygen atoms in total. The Labute approximate surface area is 202 Å². The van der Waals surface area contributed by atoms with Crippen LogP contribution in [0, 0.1) is 11.6 Å². The summed E-state index contributed by atoms with van der Waals surface area (Å²) in [6.45, 7) is 0.0930. The standard InChI is InChI=1S/C23H18F2N8O3/c1-35-23-14(8-20(26)34)12-33(30-23)22-16(25)10-27-21(28-22)18-9-19(17-6-7-36-31-17)32(29-18)11-13-4-2-3-5-15(13)24/h2-7,9-10,12H,8,11H2,1H3,(H2,26,34). The van der Waals surface area contributed by atoms with Gasteiger partial charge >= 0.3 is 0 Å². The van der Waals surface area contributed by atoms with E-state index in [2.05, 4.69) is 25.3 Å². The number of ether oxygens (including phenoxy) is 1. The fourth-order valence-corrected chi connectivity index (χ4v) is 3.61. The van der Waals surface area contributed by atoms with Gasteiger partial charge < -0.3 is 15.0 Å². The molecule has 0 unspecified atom stereocenters. The van der Waals surface area contributed by atoms with Crippen LogP contribution < -0.4 is 10.5 Å². The van der Waals surface area contributed by atoms with Gasteiger partial charge in [-0.2, -0.15) is 5.10 Å². The minimum Gasteiger partial charge on any atom is -0.480 e. The van der Waals surface area contributed by atoms with Crippen LogP contribution in [0.25, 0.3) is 28.7 Å². The molecule has 4 aromatic heterocycles. The van der Waals surface area contributed by atoms with E-state index in [1.54, 1.807) is 30.3 Å². The quantitative estimate of drug-likeness (QED) is 0.349. The van der Waals surface area contributed by atoms with Gasteiger partial charge in [0.1, 0.15) is 23.5 Å². The van der Waals surface area contributed by atoms with Crippen LogP contribution in [-0.4, -0.2) is 47.7 Å². The first kappa shape index (κ1) is 22.8. The van der Waals surface area contributed by atoms with Crippen LogP contribution in [0.15, 0.2) is 59.6 Å². The summed E-state index contributed by atoms with van der Waals surface area (Å²) < 4.78 is 41.8. The summed E-state index contributed by atoms with van der Waals surface area (Å²) in [6.07, 6.45) is 3.63. The Bertz CT molecular complexity index is 1540. The number of halogens is 2. The number of carbonyl (C=O) groups excluding carboxylic acids is 1. The molecular formula is C23H18F2N8O3. The molecule has 5 aromatic rings. The topological polar surface area (TPSA) is 140 Å². The Balaban J connectivity index is 1.57. The molecule has 0 radical (unpaired) electrons. The first-order valence-electron chi connectivity index (χ1n) is 10.6. The average Bonchev–Trinajstić information content (AvgIpc) is 3.60. The van der Waals surface area contributed by atoms with Gasteiger partial charge in [0.25, 0.3) is 0 Å². The molecule has 4 heterocycles. The van der Waals surface area contributed by atoms with Crippen molar-refractivity contribution in [1.82, 2.24) is 34.7 Å². The van der Waals surface area contributed by atoms with E-state index >= 15 is 0 Å². The number of benzene rings is 1. The summed E-state index contributed by atoms with van der Waals surface area (Å²) in [4.78, 5) is 19.7. The van der Waals surface area contributed by atoms with E-state index in [9.17, 15) is 13.6 Å². The normalized spacial score (nSPS) is 11.1. The number of rotatable bonds is 8. The van der Waals surface area contributed by atoms with Gasteiger partial charge in [0, 0.05) is 23.4 Å². The molecule has 0 bridgehead atoms. The van der Waals surface area contributed by atoms with Crippen LogP contribution in [0.2, 0.25) is 0 Å². The Kier molecular flexibility index (Phi) is 5.94. The molecule has 0 fully saturated rings. The molecule has 0 atom stereocenters. The summed E-state index contributed by atoms with van der Waals surface area (Å²) in [5, 5.41) is 12.6. The lowest BCUT2D eigenvalue weighted by atomic mass is 10.2. The molecule has 0 aliphatic heterocycles. The molecule has 2 N–H and O–H groups in total. The lowest BCUT2D eigenvalue weighted by Gasteiger charge is -2.06. The number of nitrogens with two attached hydrogens (primary N) is 1. The molecule has 13 heteroatoms. The van der Waals surface area contributed by atoms with Crippen LogP contribution in [0.1, 0.15) is 11.1 Å². The highest BCUT2D eigenvalue weighted by Crippen LogP contribution is 2.26. The summed E-state index contributed by atoms with van der Waals surface area (Å²) >= 11 is 0. The highest BCUT2D eigenvalue weighted by atomic mass is 19.1. The van der Waals surface area contributed by atoms with Gasteiger partial charge in [0.15, 0.2) is 17.5 Å². The van der Waals surface area contributed by atoms with Crippen molar-refractivity contribution < 1.29 is 22.8 Å². The second-order valence-corrected chi connectivity index (χ2v) is 7.66. The number of methoxy groups -OCH3 is 1. The average molecular weight is 492 g/mol. The van der Waals surface area contributed by atoms with Gasteiger partial charge in [-0.25, -0.2) is 23.4 Å². The number of primary amides is 1. The molecule has 0 spiro atoms. The number of hydrogen-bond donors (Lipinski definition) is 1. The van der Waals surface area contributed by atoms with Crippen LogP contribution in [-0.2, 0) is 17.8 Å². The lowest BCUT2D eigenvalue weighted by molar-refractivity contribution is -0.117. The Hall–Kier alpha value is -4.94. The van der Waals surface area contributed by atoms with Gasteiger partial charge in [-0.1, -0.05) is 23.4 Å². The Morgan fingerprint density at radius 3 is 2.67 bits per heavy atom. The predicted octanol–water partition coefficient (Wildman–Crippen LogP) is 2.54. The maximum atomic E-state index is 14.7. The second kappa shape index (κ2) is 9.37. The number of nitrogens with zero attached hydrogens (tertiary/aromatic N) is 7. The zero-order valence-electron chi connectivity index (χ0n) is 18.8. The molecule has 0 saturated heterocycles. The first-order valence-corrected chi connectivity index (χ1v) is 10.6. The van der Waals surface area contributed by atoms with E-state index in [0.29, 0.717) is 22.5 Å². The summed E-state index contributed by atoms with van der Waals surface area (Å²) in [6, 6.07) is 9.59. The fraction of sp³-hybridized carbons (Fsp3) is 0.130. The van der Waals surface area contributed by atoms with Crippen LogP contribution >= 0.6 is 0 Å². The highest BCUT2D eigenvalue weighted by molar-refractivity contribution is 5.77. The lowest BCUT2D eigenvalue weighted by Crippen LogP contribution is -2.13. The largest absolute Gasteiger partial charge is 0.480 e. The molecule has 182 valence electrons. The van der Waals surface area contributed by atoms with Crippen LogP contribution in [0.4, 0.5) is 8.78 Å². The third-order valence-electron chi connectivity index (χ3n) is 5.24. The monoisotopic (exact) mass is 492 g/mol. The van der Waals surface area contributed by atoms with Gasteiger partial charge in [-0.15, -0.1) is 5.10 Å². The maximum absolute atomic E-state index is 14.7. The summed E-state index contributed by atoms with van der Waals surface area (Å²) in [5.41, 5.74) is 7.30. The number of hydrogen-bond acceptors (Lipinski definition) is 8. The molecule has 0 aliphatic rings. The van der Waals surface area contributed by atoms with Crippen molar-refractivity contribution >= 4 is 5.91 Å². The van der Waals surface area contributed by atoms with Crippen molar-refractivity contribution in [2.75, 3.05) is 7.11 Å². The van der Waals surface area contributed by atoms with Crippen molar-refractivity contribution in [2.45, 2.75) is 13.0 Å². The van der Waals surface area contributed by atoms with E-state index in [-0.39, 0.29) is 42.0 Å². The zero-order valence-corrected chi connectivity index (χ0v) is 18.8. The number of aromatic nitrogens is 7. The first-order chi connectivity index (χ1) is 17.4. The Morgan fingerprint density at radius 1 is 1.11 bits per heavy atom. The van der Waals surface area contributed by atoms with Crippen molar-refractivity contribution in [2.24, 2.45) is 5.73 Å². The molecule has 1 amide bonds. The smallest absolute Gasteiger partial charge is 0.236 e. The molecule has 1 aromatic carbocycles. The summed E-state index contributed by atoms with van der Waals surface area (Å²) in [7, 11) is 1.37. The molecule has 0 saturated carbocycles. The van der Waals surface area contributed by atoms with E-state index in [4.69, 9.17) is 15.0 Å². The van der Waals surface area contributed by atoms with E-state index < -0.39 is 11.7 Å². The van der Waals surface area contributed by atoms with Crippen molar-refractivity contribution in [3.63, 3.8) is 0 Å². The Morgan fingerprint density at radius 2 is 1.94 bits per heavy atom. The molecule has 0 aliphatic carbocycles. The van der Waals surface area contributed by atoms with Crippen molar-refractivity contribution in [3.8, 4) is 34.6 Å². The van der Waals surface area contributed by atoms with E-state index in [0.717, 1.165) is 10.9 Å². The second-order valence-electron chi connectivity index (χ2n) is 7.66. The summed E-state index contributed by atoms with van der Waals surface area (Å²) in [5.74, 6) is -1.76. The predicted molar refractivity (Wildman–Crippen MR) is 121 cm³/mol. The van der Waals surface area contributed by atoms with Gasteiger partial charge in [-0.05, 0) is 12.1 Å². The van der Waals surface area contributed by atoms with Gasteiger partial charge in [0.05, 0.1) is 32.0 Å². The third-order valence-corrected chi connectivity index (χ3v) is 5.24. The van der Waals surface area contributed by atoms with Crippen LogP contribution in [0.5, 0.6) is 5.88 Å². The number of amides is 1. The van der Waals surface area contributed by atoms with Gasteiger partial charge in [-0.3, -0.25) is 9.48 Å². The zero-order chi connectivity index (χ0) is 25.2. The molecular weight excluding hydrogens is 474 g/mol. The minimum absolute atomic E-state index is 0.0781. The maximum Gasteiger partial charge on any atom is 0.236 e. The third kappa shape index (κ3) is 4.41. The number of carbonyl (C=O) groups is 1. The van der Waals surface area contributed by atoms with E-state index in [1.807, 2.05) is 0 Å². The molecule has 36 heavy (non-hydrogen) atoms. The highest BCUT2D eigenvalue weighted by Gasteiger charge is 2.20. The van der Waals surface area contributed by atoms with Crippen molar-refractivity contribution in [3.05, 3.63) is 77.8 Å². The SMILES string of the molecule is COc1nn(-c2nc(-c3cc(-c4ccon4)n(Cc4ccccc4F)n3)ncc2F)cc1CC(N)=O. The fourth-order valence-electron chi connectivity index (χ4n) is 3.61. The van der Waals surface area contributed by atoms with Gasteiger partial charge in [0.2, 0.25) is 11.8 Å². The van der Waals surface area contributed by atoms with E-state index in [1.165, 1.54) is 30.3 Å². The minimum atomic E-state index is -0.767.